The third-order valence-electron chi connectivity index (χ3n) is 5.00. The van der Waals surface area contributed by atoms with E-state index in [0.29, 0.717) is 0 Å². The number of nitrogens with zero attached hydrogens (tertiary/aromatic N) is 2. The number of rotatable bonds is 4. The van der Waals surface area contributed by atoms with Crippen LogP contribution in [0.1, 0.15) is 41.3 Å². The maximum atomic E-state index is 13.1. The summed E-state index contributed by atoms with van der Waals surface area (Å²) in [6.07, 6.45) is -4.88. The largest absolute Gasteiger partial charge is 0.501 e. The van der Waals surface area contributed by atoms with E-state index in [0.717, 1.165) is 12.1 Å². The lowest BCUT2D eigenvalue weighted by molar-refractivity contribution is -0.188. The third-order valence-corrected chi connectivity index (χ3v) is 5.00. The number of alkyl halides is 3. The number of halogens is 3. The fourth-order valence-electron chi connectivity index (χ4n) is 3.19. The standard InChI is InChI=1S/C19H22F3N5O4/c1-17(2)16-26-12(13(28)15(30)27(16)6-7-31-17)14(29)25-9-10-4-3-5-11(8-10)18(23,24)19(20,21)22/h3-5,8,28H,6-7,9,23-24H2,1-2H3,(H,25,29). The van der Waals surface area contributed by atoms with E-state index >= 15 is 0 Å². The number of nitrogens with one attached hydrogen (secondary N) is 1. The van der Waals surface area contributed by atoms with Gasteiger partial charge in [-0.1, -0.05) is 24.3 Å². The van der Waals surface area contributed by atoms with E-state index in [1.54, 1.807) is 13.8 Å². The van der Waals surface area contributed by atoms with Crippen LogP contribution in [-0.2, 0) is 29.1 Å². The van der Waals surface area contributed by atoms with Crippen molar-refractivity contribution in [2.75, 3.05) is 6.61 Å². The number of carbonyl (C=O) groups is 1. The van der Waals surface area contributed by atoms with Gasteiger partial charge >= 0.3 is 6.18 Å². The molecule has 9 nitrogen and oxygen atoms in total. The van der Waals surface area contributed by atoms with E-state index in [9.17, 15) is 27.9 Å². The summed E-state index contributed by atoms with van der Waals surface area (Å²) in [4.78, 5) is 29.1. The summed E-state index contributed by atoms with van der Waals surface area (Å²) in [5, 5.41) is 12.6. The predicted molar refractivity (Wildman–Crippen MR) is 103 cm³/mol. The van der Waals surface area contributed by atoms with Crippen molar-refractivity contribution in [1.82, 2.24) is 14.9 Å². The molecular formula is C19H22F3N5O4. The Morgan fingerprint density at radius 3 is 2.68 bits per heavy atom. The van der Waals surface area contributed by atoms with Gasteiger partial charge in [-0.2, -0.15) is 13.2 Å². The van der Waals surface area contributed by atoms with Gasteiger partial charge in [0.25, 0.3) is 11.5 Å². The smallest absolute Gasteiger partial charge is 0.423 e. The first kappa shape index (κ1) is 22.7. The van der Waals surface area contributed by atoms with Crippen LogP contribution in [0.2, 0.25) is 0 Å². The Morgan fingerprint density at radius 1 is 1.35 bits per heavy atom. The van der Waals surface area contributed by atoms with Crippen LogP contribution in [0.15, 0.2) is 29.1 Å². The average Bonchev–Trinajstić information content (AvgIpc) is 2.68. The highest BCUT2D eigenvalue weighted by molar-refractivity contribution is 5.94. The summed E-state index contributed by atoms with van der Waals surface area (Å²) in [6, 6.07) is 5.01. The molecule has 1 aliphatic heterocycles. The lowest BCUT2D eigenvalue weighted by Gasteiger charge is -2.32. The number of aromatic hydroxyl groups is 1. The van der Waals surface area contributed by atoms with Gasteiger partial charge in [-0.25, -0.2) is 4.98 Å². The second-order valence-electron chi connectivity index (χ2n) is 7.70. The topological polar surface area (TPSA) is 145 Å². The van der Waals surface area contributed by atoms with Gasteiger partial charge in [0.1, 0.15) is 11.4 Å². The third kappa shape index (κ3) is 4.13. The van der Waals surface area contributed by atoms with Crippen LogP contribution in [0, 0.1) is 0 Å². The fourth-order valence-corrected chi connectivity index (χ4v) is 3.19. The zero-order valence-corrected chi connectivity index (χ0v) is 16.8. The highest BCUT2D eigenvalue weighted by Gasteiger charge is 2.50. The summed E-state index contributed by atoms with van der Waals surface area (Å²) >= 11 is 0. The molecule has 2 heterocycles. The van der Waals surface area contributed by atoms with Crippen LogP contribution in [0.4, 0.5) is 13.2 Å². The number of benzene rings is 1. The molecule has 0 fully saturated rings. The predicted octanol–water partition coefficient (Wildman–Crippen LogP) is 0.777. The molecule has 2 aromatic rings. The quantitative estimate of drug-likeness (QED) is 0.513. The van der Waals surface area contributed by atoms with Crippen molar-refractivity contribution >= 4 is 5.91 Å². The summed E-state index contributed by atoms with van der Waals surface area (Å²) < 4.78 is 46.0. The van der Waals surface area contributed by atoms with Crippen LogP contribution in [-0.4, -0.2) is 33.3 Å². The van der Waals surface area contributed by atoms with Crippen LogP contribution in [0.25, 0.3) is 0 Å². The maximum absolute atomic E-state index is 13.1. The first-order chi connectivity index (χ1) is 14.3. The maximum Gasteiger partial charge on any atom is 0.423 e. The van der Waals surface area contributed by atoms with E-state index < -0.39 is 45.9 Å². The van der Waals surface area contributed by atoms with Gasteiger partial charge in [-0.05, 0) is 25.0 Å². The van der Waals surface area contributed by atoms with Crippen molar-refractivity contribution in [2.24, 2.45) is 11.5 Å². The molecule has 0 atom stereocenters. The van der Waals surface area contributed by atoms with Crippen molar-refractivity contribution < 1.29 is 27.8 Å². The molecule has 0 spiro atoms. The number of carbonyl (C=O) groups excluding carboxylic acids is 1. The number of hydrogen-bond donors (Lipinski definition) is 4. The highest BCUT2D eigenvalue weighted by atomic mass is 19.4. The summed E-state index contributed by atoms with van der Waals surface area (Å²) in [6.45, 7) is 3.53. The van der Waals surface area contributed by atoms with Crippen molar-refractivity contribution in [2.45, 2.75) is 44.4 Å². The first-order valence-electron chi connectivity index (χ1n) is 9.26. The molecule has 0 bridgehead atoms. The van der Waals surface area contributed by atoms with E-state index in [1.165, 1.54) is 16.7 Å². The second kappa shape index (κ2) is 7.62. The van der Waals surface area contributed by atoms with Crippen LogP contribution in [0.3, 0.4) is 0 Å². The molecule has 168 valence electrons. The van der Waals surface area contributed by atoms with Gasteiger partial charge in [0.05, 0.1) is 13.2 Å². The van der Waals surface area contributed by atoms with Crippen molar-refractivity contribution in [3.8, 4) is 5.75 Å². The zero-order valence-electron chi connectivity index (χ0n) is 16.8. The van der Waals surface area contributed by atoms with Gasteiger partial charge in [0.15, 0.2) is 11.4 Å². The van der Waals surface area contributed by atoms with Crippen LogP contribution >= 0.6 is 0 Å². The molecule has 3 rings (SSSR count). The lowest BCUT2D eigenvalue weighted by atomic mass is 9.98. The van der Waals surface area contributed by atoms with Gasteiger partial charge in [0, 0.05) is 6.54 Å². The Kier molecular flexibility index (Phi) is 5.59. The van der Waals surface area contributed by atoms with Gasteiger partial charge in [-0.3, -0.25) is 14.2 Å². The molecule has 0 saturated carbocycles. The zero-order chi connectivity index (χ0) is 23.2. The monoisotopic (exact) mass is 441 g/mol. The molecule has 0 radical (unpaired) electrons. The molecule has 1 amide bonds. The molecular weight excluding hydrogens is 419 g/mol. The molecule has 0 unspecified atom stereocenters. The molecule has 12 heteroatoms. The second-order valence-corrected chi connectivity index (χ2v) is 7.70. The van der Waals surface area contributed by atoms with E-state index in [1.807, 2.05) is 0 Å². The summed E-state index contributed by atoms with van der Waals surface area (Å²) in [7, 11) is 0. The molecule has 1 aromatic heterocycles. The Bertz CT molecular complexity index is 1080. The molecule has 1 aromatic carbocycles. The van der Waals surface area contributed by atoms with Gasteiger partial charge in [-0.15, -0.1) is 0 Å². The normalized spacial score (nSPS) is 16.0. The van der Waals surface area contributed by atoms with Gasteiger partial charge in [0.2, 0.25) is 5.75 Å². The van der Waals surface area contributed by atoms with E-state index in [4.69, 9.17) is 16.2 Å². The molecule has 0 aliphatic carbocycles. The lowest BCUT2D eigenvalue weighted by Crippen LogP contribution is -2.57. The number of aromatic nitrogens is 2. The Morgan fingerprint density at radius 2 is 2.03 bits per heavy atom. The number of amides is 1. The number of hydrogen-bond acceptors (Lipinski definition) is 7. The Hall–Kier alpha value is -2.96. The minimum atomic E-state index is -4.88. The van der Waals surface area contributed by atoms with E-state index in [-0.39, 0.29) is 31.1 Å². The highest BCUT2D eigenvalue weighted by Crippen LogP contribution is 2.32. The van der Waals surface area contributed by atoms with Gasteiger partial charge < -0.3 is 26.6 Å². The van der Waals surface area contributed by atoms with Crippen LogP contribution < -0.4 is 22.3 Å². The molecule has 1 aliphatic rings. The fraction of sp³-hybridized carbons (Fsp3) is 0.421. The number of ether oxygens (including phenoxy) is 1. The molecule has 0 saturated heterocycles. The van der Waals surface area contributed by atoms with Crippen LogP contribution in [0.5, 0.6) is 5.75 Å². The van der Waals surface area contributed by atoms with Crippen molar-refractivity contribution in [1.29, 1.82) is 0 Å². The average molecular weight is 441 g/mol. The Balaban J connectivity index is 1.85. The van der Waals surface area contributed by atoms with Crippen molar-refractivity contribution in [3.63, 3.8) is 0 Å². The number of nitrogens with two attached hydrogens (primary N) is 2. The number of fused-ring (bicyclic) bond motifs is 1. The van der Waals surface area contributed by atoms with Crippen molar-refractivity contribution in [3.05, 3.63) is 57.3 Å². The Labute approximate surface area is 174 Å². The first-order valence-corrected chi connectivity index (χ1v) is 9.26. The summed E-state index contributed by atoms with van der Waals surface area (Å²) in [5.74, 6) is -1.53. The molecule has 6 N–H and O–H groups in total. The minimum Gasteiger partial charge on any atom is -0.501 e. The summed E-state index contributed by atoms with van der Waals surface area (Å²) in [5.41, 5.74) is 5.03. The minimum absolute atomic E-state index is 0.173. The van der Waals surface area contributed by atoms with E-state index in [2.05, 4.69) is 10.3 Å². The SMILES string of the molecule is CC1(C)OCCn2c1nc(C(=O)NCc1cccc(C(N)(N)C(F)(F)F)c1)c(O)c2=O. The molecule has 31 heavy (non-hydrogen) atoms.